The Balaban J connectivity index is 4.91. The van der Waals surface area contributed by atoms with Crippen LogP contribution in [0, 0.1) is 0 Å². The van der Waals surface area contributed by atoms with Gasteiger partial charge in [-0.15, -0.1) is 0 Å². The van der Waals surface area contributed by atoms with Crippen molar-refractivity contribution in [3.63, 3.8) is 0 Å². The van der Waals surface area contributed by atoms with Crippen molar-refractivity contribution in [3.8, 4) is 0 Å². The standard InChI is InChI=1S/C15H35NO7Si/c1-6-21-24(22-7-2,23-8-3)11-9-10-16(14(19)12(4)17)15(20)13(5)18/h12-15,17-20H,6-11H2,1-5H3. The average molecular weight is 370 g/mol. The molecule has 0 rings (SSSR count). The SMILES string of the molecule is CCO[Si](CCCN(C(O)C(C)O)C(O)C(C)O)(OCC)OCC. The molecule has 8 nitrogen and oxygen atoms in total. The Morgan fingerprint density at radius 2 is 1.17 bits per heavy atom. The Kier molecular flexibility index (Phi) is 12.2. The van der Waals surface area contributed by atoms with Gasteiger partial charge in [-0.25, -0.2) is 4.90 Å². The van der Waals surface area contributed by atoms with Crippen LogP contribution in [0.5, 0.6) is 0 Å². The maximum absolute atomic E-state index is 10.1. The highest BCUT2D eigenvalue weighted by atomic mass is 28.4. The Bertz CT molecular complexity index is 289. The van der Waals surface area contributed by atoms with E-state index < -0.39 is 33.5 Å². The summed E-state index contributed by atoms with van der Waals surface area (Å²) in [5, 5.41) is 39.3. The normalized spacial score (nSPS) is 17.8. The highest BCUT2D eigenvalue weighted by Gasteiger charge is 2.40. The monoisotopic (exact) mass is 369 g/mol. The van der Waals surface area contributed by atoms with Gasteiger partial charge in [-0.05, 0) is 41.0 Å². The van der Waals surface area contributed by atoms with Gasteiger partial charge in [-0.3, -0.25) is 0 Å². The molecule has 0 aliphatic rings. The van der Waals surface area contributed by atoms with E-state index in [0.717, 1.165) is 0 Å². The van der Waals surface area contributed by atoms with Gasteiger partial charge in [0.25, 0.3) is 0 Å². The molecule has 0 spiro atoms. The van der Waals surface area contributed by atoms with Crippen molar-refractivity contribution in [2.75, 3.05) is 26.4 Å². The summed E-state index contributed by atoms with van der Waals surface area (Å²) in [7, 11) is -2.80. The molecule has 4 atom stereocenters. The van der Waals surface area contributed by atoms with Crippen molar-refractivity contribution < 1.29 is 33.7 Å². The predicted octanol–water partition coefficient (Wildman–Crippen LogP) is 0.125. The Hall–Kier alpha value is -0.103. The van der Waals surface area contributed by atoms with Crippen LogP contribution < -0.4 is 0 Å². The van der Waals surface area contributed by atoms with Crippen molar-refractivity contribution >= 4 is 8.80 Å². The third-order valence-corrected chi connectivity index (χ3v) is 6.69. The quantitative estimate of drug-likeness (QED) is 0.252. The summed E-state index contributed by atoms with van der Waals surface area (Å²) in [5.74, 6) is 0. The third-order valence-electron chi connectivity index (χ3n) is 3.53. The number of hydrogen-bond acceptors (Lipinski definition) is 8. The lowest BCUT2D eigenvalue weighted by Gasteiger charge is -2.36. The highest BCUT2D eigenvalue weighted by Crippen LogP contribution is 2.20. The van der Waals surface area contributed by atoms with Crippen molar-refractivity contribution in [1.82, 2.24) is 4.90 Å². The number of nitrogens with zero attached hydrogens (tertiary/aromatic N) is 1. The van der Waals surface area contributed by atoms with Gasteiger partial charge in [0.2, 0.25) is 0 Å². The minimum atomic E-state index is -2.80. The largest absolute Gasteiger partial charge is 0.500 e. The van der Waals surface area contributed by atoms with Gasteiger partial charge in [0, 0.05) is 32.4 Å². The minimum Gasteiger partial charge on any atom is -0.389 e. The highest BCUT2D eigenvalue weighted by molar-refractivity contribution is 6.60. The topological polar surface area (TPSA) is 112 Å². The zero-order valence-electron chi connectivity index (χ0n) is 15.5. The summed E-state index contributed by atoms with van der Waals surface area (Å²) >= 11 is 0. The molecule has 0 amide bonds. The van der Waals surface area contributed by atoms with Crippen LogP contribution in [0.25, 0.3) is 0 Å². The number of hydrogen-bond donors (Lipinski definition) is 4. The van der Waals surface area contributed by atoms with Gasteiger partial charge >= 0.3 is 8.80 Å². The number of aliphatic hydroxyl groups is 4. The van der Waals surface area contributed by atoms with Crippen molar-refractivity contribution in [3.05, 3.63) is 0 Å². The fourth-order valence-corrected chi connectivity index (χ4v) is 5.05. The minimum absolute atomic E-state index is 0.250. The van der Waals surface area contributed by atoms with E-state index in [2.05, 4.69) is 0 Å². The van der Waals surface area contributed by atoms with E-state index in [0.29, 0.717) is 32.3 Å². The summed E-state index contributed by atoms with van der Waals surface area (Å²) < 4.78 is 17.3. The summed E-state index contributed by atoms with van der Waals surface area (Å²) in [6, 6.07) is 0.512. The van der Waals surface area contributed by atoms with E-state index in [1.807, 2.05) is 20.8 Å². The number of aliphatic hydroxyl groups excluding tert-OH is 4. The molecule has 0 radical (unpaired) electrons. The second-order valence-electron chi connectivity index (χ2n) is 5.63. The lowest BCUT2D eigenvalue weighted by Crippen LogP contribution is -2.53. The predicted molar refractivity (Wildman–Crippen MR) is 92.1 cm³/mol. The first-order valence-electron chi connectivity index (χ1n) is 8.64. The van der Waals surface area contributed by atoms with Crippen LogP contribution in [0.4, 0.5) is 0 Å². The fourth-order valence-electron chi connectivity index (χ4n) is 2.45. The lowest BCUT2D eigenvalue weighted by molar-refractivity contribution is -0.171. The molecule has 4 unspecified atom stereocenters. The lowest BCUT2D eigenvalue weighted by atomic mass is 10.2. The van der Waals surface area contributed by atoms with E-state index in [1.54, 1.807) is 0 Å². The molecule has 0 saturated heterocycles. The molecule has 0 aromatic heterocycles. The Labute approximate surface area is 146 Å². The zero-order valence-corrected chi connectivity index (χ0v) is 16.5. The van der Waals surface area contributed by atoms with Crippen molar-refractivity contribution in [2.45, 2.75) is 71.7 Å². The van der Waals surface area contributed by atoms with Crippen LogP contribution >= 0.6 is 0 Å². The molecule has 0 aliphatic carbocycles. The summed E-state index contributed by atoms with van der Waals surface area (Å²) in [5.41, 5.74) is 0. The smallest absolute Gasteiger partial charge is 0.389 e. The van der Waals surface area contributed by atoms with Gasteiger partial charge in [-0.1, -0.05) is 0 Å². The van der Waals surface area contributed by atoms with Crippen LogP contribution in [0.15, 0.2) is 0 Å². The van der Waals surface area contributed by atoms with Gasteiger partial charge in [0.1, 0.15) is 12.5 Å². The first kappa shape index (κ1) is 23.9. The van der Waals surface area contributed by atoms with Gasteiger partial charge < -0.3 is 33.7 Å². The van der Waals surface area contributed by atoms with Crippen LogP contribution in [-0.2, 0) is 13.3 Å². The second kappa shape index (κ2) is 12.3. The van der Waals surface area contributed by atoms with E-state index in [-0.39, 0.29) is 6.54 Å². The third kappa shape index (κ3) is 7.85. The molecule has 146 valence electrons. The van der Waals surface area contributed by atoms with E-state index >= 15 is 0 Å². The van der Waals surface area contributed by atoms with Crippen LogP contribution in [0.3, 0.4) is 0 Å². The molecule has 24 heavy (non-hydrogen) atoms. The van der Waals surface area contributed by atoms with Crippen molar-refractivity contribution in [1.29, 1.82) is 0 Å². The van der Waals surface area contributed by atoms with Crippen molar-refractivity contribution in [2.24, 2.45) is 0 Å². The average Bonchev–Trinajstić information content (AvgIpc) is 2.51. The first-order chi connectivity index (χ1) is 11.2. The first-order valence-corrected chi connectivity index (χ1v) is 10.6. The molecule has 9 heteroatoms. The fraction of sp³-hybridized carbons (Fsp3) is 1.00. The number of rotatable bonds is 14. The van der Waals surface area contributed by atoms with Gasteiger partial charge in [0.05, 0.1) is 12.2 Å². The summed E-state index contributed by atoms with van der Waals surface area (Å²) in [4.78, 5) is 1.26. The maximum Gasteiger partial charge on any atom is 0.500 e. The van der Waals surface area contributed by atoms with Gasteiger partial charge in [0.15, 0.2) is 0 Å². The van der Waals surface area contributed by atoms with Crippen LogP contribution in [0.1, 0.15) is 41.0 Å². The Morgan fingerprint density at radius 1 is 0.792 bits per heavy atom. The summed E-state index contributed by atoms with van der Waals surface area (Å²) in [6.45, 7) is 10.1. The Morgan fingerprint density at radius 3 is 1.46 bits per heavy atom. The maximum atomic E-state index is 10.1. The van der Waals surface area contributed by atoms with E-state index in [4.69, 9.17) is 13.3 Å². The molecule has 0 bridgehead atoms. The van der Waals surface area contributed by atoms with Gasteiger partial charge in [-0.2, -0.15) is 0 Å². The molecule has 0 aromatic rings. The molecule has 0 fully saturated rings. The van der Waals surface area contributed by atoms with Crippen LogP contribution in [0.2, 0.25) is 6.04 Å². The second-order valence-corrected chi connectivity index (χ2v) is 8.36. The van der Waals surface area contributed by atoms with E-state index in [1.165, 1.54) is 18.7 Å². The van der Waals surface area contributed by atoms with E-state index in [9.17, 15) is 20.4 Å². The molecular weight excluding hydrogens is 334 g/mol. The molecule has 0 aromatic carbocycles. The van der Waals surface area contributed by atoms with Crippen LogP contribution in [-0.4, -0.2) is 85.2 Å². The molecule has 0 heterocycles. The zero-order chi connectivity index (χ0) is 18.8. The molecule has 4 N–H and O–H groups in total. The molecule has 0 aliphatic heterocycles. The summed E-state index contributed by atoms with van der Waals surface area (Å²) in [6.07, 6.45) is -4.18. The molecule has 0 saturated carbocycles. The molecular formula is C15H35NO7Si.